The fourth-order valence-electron chi connectivity index (χ4n) is 4.14. The SMILES string of the molecule is CC1=NN(C(=O)c2cc3n(n2)[C@H](C(F)(F)F)C[C@H](c2ccc(C)c(C)c2)N3)[C@](O)(C(F)(F)F)C1. The van der Waals surface area contributed by atoms with Crippen LogP contribution >= 0.6 is 0 Å². The van der Waals surface area contributed by atoms with Crippen molar-refractivity contribution in [3.63, 3.8) is 0 Å². The number of aliphatic hydroxyl groups is 1. The molecule has 1 aromatic heterocycles. The van der Waals surface area contributed by atoms with Crippen LogP contribution < -0.4 is 5.32 Å². The third kappa shape index (κ3) is 3.91. The molecule has 2 aliphatic rings. The van der Waals surface area contributed by atoms with Crippen LogP contribution in [0.2, 0.25) is 0 Å². The van der Waals surface area contributed by atoms with Gasteiger partial charge in [-0.2, -0.15) is 41.6 Å². The summed E-state index contributed by atoms with van der Waals surface area (Å²) in [6, 6.07) is 3.26. The summed E-state index contributed by atoms with van der Waals surface area (Å²) < 4.78 is 82.7. The minimum atomic E-state index is -5.25. The molecule has 0 spiro atoms. The van der Waals surface area contributed by atoms with Crippen LogP contribution in [0.3, 0.4) is 0 Å². The van der Waals surface area contributed by atoms with Gasteiger partial charge < -0.3 is 10.4 Å². The van der Waals surface area contributed by atoms with Gasteiger partial charge in [0.1, 0.15) is 5.82 Å². The molecular formula is C21H21F6N5O2. The van der Waals surface area contributed by atoms with Crippen molar-refractivity contribution in [2.75, 3.05) is 5.32 Å². The maximum absolute atomic E-state index is 13.9. The van der Waals surface area contributed by atoms with E-state index in [4.69, 9.17) is 0 Å². The van der Waals surface area contributed by atoms with E-state index in [9.17, 15) is 36.2 Å². The van der Waals surface area contributed by atoms with E-state index in [1.807, 2.05) is 13.8 Å². The first-order valence-electron chi connectivity index (χ1n) is 10.3. The van der Waals surface area contributed by atoms with E-state index in [1.165, 1.54) is 6.92 Å². The topological polar surface area (TPSA) is 82.8 Å². The van der Waals surface area contributed by atoms with Crippen molar-refractivity contribution in [2.45, 2.75) is 63.8 Å². The zero-order valence-electron chi connectivity index (χ0n) is 18.3. The highest BCUT2D eigenvalue weighted by Gasteiger charge is 2.63. The summed E-state index contributed by atoms with van der Waals surface area (Å²) in [5.74, 6) is -1.65. The van der Waals surface area contributed by atoms with Gasteiger partial charge in [0.2, 0.25) is 0 Å². The van der Waals surface area contributed by atoms with Crippen LogP contribution in [0, 0.1) is 13.8 Å². The molecular weight excluding hydrogens is 468 g/mol. The summed E-state index contributed by atoms with van der Waals surface area (Å²) in [6.07, 6.45) is -11.4. The molecule has 0 saturated carbocycles. The first kappa shape index (κ1) is 24.0. The quantitative estimate of drug-likeness (QED) is 0.603. The number of hydrazone groups is 1. The predicted molar refractivity (Wildman–Crippen MR) is 109 cm³/mol. The molecule has 3 atom stereocenters. The monoisotopic (exact) mass is 489 g/mol. The van der Waals surface area contributed by atoms with Crippen molar-refractivity contribution in [1.29, 1.82) is 0 Å². The lowest BCUT2D eigenvalue weighted by Gasteiger charge is -2.33. The van der Waals surface area contributed by atoms with E-state index in [2.05, 4.69) is 15.5 Å². The zero-order valence-corrected chi connectivity index (χ0v) is 18.3. The number of amides is 1. The summed E-state index contributed by atoms with van der Waals surface area (Å²) in [4.78, 5) is 12.8. The van der Waals surface area contributed by atoms with E-state index in [0.717, 1.165) is 17.2 Å². The van der Waals surface area contributed by atoms with Crippen LogP contribution in [-0.4, -0.2) is 49.6 Å². The molecule has 0 unspecified atom stereocenters. The second-order valence-corrected chi connectivity index (χ2v) is 8.64. The van der Waals surface area contributed by atoms with Gasteiger partial charge in [-0.15, -0.1) is 0 Å². The summed E-state index contributed by atoms with van der Waals surface area (Å²) in [6.45, 7) is 4.88. The Morgan fingerprint density at radius 1 is 1.12 bits per heavy atom. The smallest absolute Gasteiger partial charge is 0.363 e. The second kappa shape index (κ2) is 7.72. The van der Waals surface area contributed by atoms with Gasteiger partial charge in [0.25, 0.3) is 11.6 Å². The standard InChI is InChI=1S/C21H21F6N5O2/c1-10-4-5-13(6-11(10)2)14-7-16(20(22,23)24)31-17(28-14)8-15(30-31)18(33)32-19(34,21(25,26)27)9-12(3)29-32/h4-6,8,14,16,28,34H,7,9H2,1-3H3/t14-,16+,19-/m1/s1. The number of nitrogens with zero attached hydrogens (tertiary/aromatic N) is 4. The van der Waals surface area contributed by atoms with Crippen LogP contribution in [-0.2, 0) is 0 Å². The van der Waals surface area contributed by atoms with Gasteiger partial charge in [-0.1, -0.05) is 18.2 Å². The Kier molecular flexibility index (Phi) is 5.46. The molecule has 0 saturated heterocycles. The molecule has 1 aromatic carbocycles. The number of carbonyl (C=O) groups excluding carboxylic acids is 1. The summed E-state index contributed by atoms with van der Waals surface area (Å²) >= 11 is 0. The number of anilines is 1. The normalized spacial score (nSPS) is 25.1. The number of fused-ring (bicyclic) bond motifs is 1. The molecule has 0 radical (unpaired) electrons. The van der Waals surface area contributed by atoms with Crippen molar-refractivity contribution < 1.29 is 36.2 Å². The molecule has 2 aliphatic heterocycles. The number of halogens is 6. The van der Waals surface area contributed by atoms with Gasteiger partial charge >= 0.3 is 12.4 Å². The van der Waals surface area contributed by atoms with Crippen LogP contribution in [0.5, 0.6) is 0 Å². The summed E-state index contributed by atoms with van der Waals surface area (Å²) in [5, 5.41) is 20.0. The van der Waals surface area contributed by atoms with E-state index in [0.29, 0.717) is 10.2 Å². The molecule has 3 heterocycles. The van der Waals surface area contributed by atoms with Crippen molar-refractivity contribution >= 4 is 17.4 Å². The number of alkyl halides is 6. The number of hydrogen-bond donors (Lipinski definition) is 2. The zero-order chi connectivity index (χ0) is 25.2. The Labute approximate surface area is 190 Å². The van der Waals surface area contributed by atoms with E-state index >= 15 is 0 Å². The third-order valence-electron chi connectivity index (χ3n) is 6.11. The molecule has 7 nitrogen and oxygen atoms in total. The first-order chi connectivity index (χ1) is 15.6. The first-order valence-corrected chi connectivity index (χ1v) is 10.3. The summed E-state index contributed by atoms with van der Waals surface area (Å²) in [7, 11) is 0. The molecule has 2 aromatic rings. The van der Waals surface area contributed by atoms with Crippen molar-refractivity contribution in [1.82, 2.24) is 14.8 Å². The number of nitrogens with one attached hydrogen (secondary N) is 1. The maximum Gasteiger partial charge on any atom is 0.438 e. The number of rotatable bonds is 2. The molecule has 0 fully saturated rings. The number of aromatic nitrogens is 2. The van der Waals surface area contributed by atoms with Crippen molar-refractivity contribution in [3.8, 4) is 0 Å². The van der Waals surface area contributed by atoms with E-state index < -0.39 is 54.6 Å². The molecule has 0 bridgehead atoms. The largest absolute Gasteiger partial charge is 0.438 e. The minimum absolute atomic E-state index is 0.167. The molecule has 4 rings (SSSR count). The minimum Gasteiger partial charge on any atom is -0.363 e. The maximum atomic E-state index is 13.9. The summed E-state index contributed by atoms with van der Waals surface area (Å²) in [5.41, 5.74) is -2.06. The van der Waals surface area contributed by atoms with Gasteiger partial charge in [-0.05, 0) is 37.5 Å². The fraction of sp³-hybridized carbons (Fsp3) is 0.476. The Hall–Kier alpha value is -3.09. The van der Waals surface area contributed by atoms with Crippen LogP contribution in [0.4, 0.5) is 32.2 Å². The number of carbonyl (C=O) groups is 1. The molecule has 1 amide bonds. The van der Waals surface area contributed by atoms with Gasteiger partial charge in [-0.3, -0.25) is 4.79 Å². The lowest BCUT2D eigenvalue weighted by Crippen LogP contribution is -2.56. The number of benzene rings is 1. The average Bonchev–Trinajstić information content (AvgIpc) is 3.28. The highest BCUT2D eigenvalue weighted by molar-refractivity contribution is 5.97. The third-order valence-corrected chi connectivity index (χ3v) is 6.11. The Morgan fingerprint density at radius 2 is 1.79 bits per heavy atom. The van der Waals surface area contributed by atoms with Crippen molar-refractivity contribution in [2.24, 2.45) is 5.10 Å². The van der Waals surface area contributed by atoms with Crippen molar-refractivity contribution in [3.05, 3.63) is 46.6 Å². The number of hydrogen-bond acceptors (Lipinski definition) is 5. The Balaban J connectivity index is 1.73. The predicted octanol–water partition coefficient (Wildman–Crippen LogP) is 4.63. The lowest BCUT2D eigenvalue weighted by atomic mass is 9.94. The number of aryl methyl sites for hydroxylation is 2. The highest BCUT2D eigenvalue weighted by Crippen LogP contribution is 2.45. The van der Waals surface area contributed by atoms with Crippen LogP contribution in [0.1, 0.15) is 59.0 Å². The Morgan fingerprint density at radius 3 is 2.38 bits per heavy atom. The van der Waals surface area contributed by atoms with Gasteiger partial charge in [0.15, 0.2) is 11.7 Å². The van der Waals surface area contributed by atoms with Gasteiger partial charge in [0.05, 0.1) is 6.04 Å². The average molecular weight is 489 g/mol. The molecule has 34 heavy (non-hydrogen) atoms. The van der Waals surface area contributed by atoms with Gasteiger partial charge in [-0.25, -0.2) is 4.68 Å². The highest BCUT2D eigenvalue weighted by atomic mass is 19.4. The second-order valence-electron chi connectivity index (χ2n) is 8.64. The lowest BCUT2D eigenvalue weighted by molar-refractivity contribution is -0.297. The fourth-order valence-corrected chi connectivity index (χ4v) is 4.14. The van der Waals surface area contributed by atoms with Gasteiger partial charge in [0, 0.05) is 24.6 Å². The molecule has 2 N–H and O–H groups in total. The van der Waals surface area contributed by atoms with Crippen LogP contribution in [0.15, 0.2) is 29.4 Å². The molecule has 13 heteroatoms. The molecule has 0 aliphatic carbocycles. The van der Waals surface area contributed by atoms with Crippen LogP contribution in [0.25, 0.3) is 0 Å². The van der Waals surface area contributed by atoms with E-state index in [1.54, 1.807) is 18.2 Å². The Bertz CT molecular complexity index is 1170. The van der Waals surface area contributed by atoms with E-state index in [-0.39, 0.29) is 16.5 Å². The molecule has 184 valence electrons.